The highest BCUT2D eigenvalue weighted by Crippen LogP contribution is 2.77. The number of rotatable bonds is 4. The van der Waals surface area contributed by atoms with Crippen LogP contribution in [-0.2, 0) is 4.79 Å². The first-order valence-electron chi connectivity index (χ1n) is 16.3. The van der Waals surface area contributed by atoms with Gasteiger partial charge in [0, 0.05) is 4.47 Å². The minimum Gasteiger partial charge on any atom is -0.481 e. The second-order valence-electron chi connectivity index (χ2n) is 16.1. The van der Waals surface area contributed by atoms with Gasteiger partial charge in [0.2, 0.25) is 0 Å². The fourth-order valence-corrected chi connectivity index (χ4v) is 12.7. The summed E-state index contributed by atoms with van der Waals surface area (Å²) in [6.45, 7) is 16.9. The van der Waals surface area contributed by atoms with Crippen molar-refractivity contribution < 1.29 is 15.0 Å². The smallest absolute Gasteiger partial charge is 0.309 e. The zero-order valence-electron chi connectivity index (χ0n) is 25.9. The summed E-state index contributed by atoms with van der Waals surface area (Å²) in [5.74, 6) is 1.35. The number of benzene rings is 1. The first kappa shape index (κ1) is 29.7. The number of fused-ring (bicyclic) bond motifs is 7. The lowest BCUT2D eigenvalue weighted by Gasteiger charge is -2.72. The molecule has 0 saturated heterocycles. The number of carboxylic acid groups (broad SMARTS) is 1. The molecule has 0 aromatic heterocycles. The van der Waals surface area contributed by atoms with Crippen molar-refractivity contribution in [1.82, 2.24) is 0 Å². The van der Waals surface area contributed by atoms with Gasteiger partial charge in [0.25, 0.3) is 0 Å². The summed E-state index contributed by atoms with van der Waals surface area (Å²) in [7, 11) is 0. The quantitative estimate of drug-likeness (QED) is 0.329. The van der Waals surface area contributed by atoms with Crippen LogP contribution in [0.2, 0.25) is 0 Å². The number of hydrogen-bond acceptors (Lipinski definition) is 2. The predicted octanol–water partition coefficient (Wildman–Crippen LogP) is 9.55. The molecule has 0 amide bonds. The van der Waals surface area contributed by atoms with Crippen molar-refractivity contribution in [3.8, 4) is 0 Å². The van der Waals surface area contributed by atoms with Crippen LogP contribution in [0.4, 0.5) is 0 Å². The summed E-state index contributed by atoms with van der Waals surface area (Å²) in [6, 6.07) is 8.24. The minimum atomic E-state index is -0.625. The van der Waals surface area contributed by atoms with Gasteiger partial charge < -0.3 is 10.2 Å². The number of aliphatic hydroxyl groups is 1. The molecule has 1 aromatic carbocycles. The van der Waals surface area contributed by atoms with Crippen molar-refractivity contribution >= 4 is 28.0 Å². The Hall–Kier alpha value is -1.39. The molecular weight excluding hydrogens is 572 g/mol. The Kier molecular flexibility index (Phi) is 7.10. The van der Waals surface area contributed by atoms with Gasteiger partial charge >= 0.3 is 5.97 Å². The van der Waals surface area contributed by atoms with E-state index in [0.29, 0.717) is 17.8 Å². The molecule has 1 aromatic rings. The van der Waals surface area contributed by atoms with Crippen molar-refractivity contribution in [3.63, 3.8) is 0 Å². The van der Waals surface area contributed by atoms with Gasteiger partial charge in [0.15, 0.2) is 0 Å². The van der Waals surface area contributed by atoms with Crippen molar-refractivity contribution in [1.29, 1.82) is 0 Å². The summed E-state index contributed by atoms with van der Waals surface area (Å²) in [4.78, 5) is 13.2. The fourth-order valence-electron chi connectivity index (χ4n) is 12.3. The average molecular weight is 624 g/mol. The highest BCUT2D eigenvalue weighted by molar-refractivity contribution is 9.10. The lowest BCUT2D eigenvalue weighted by molar-refractivity contribution is -0.248. The average Bonchev–Trinajstić information content (AvgIpc) is 3.32. The largest absolute Gasteiger partial charge is 0.481 e. The third-order valence-electron chi connectivity index (χ3n) is 14.7. The van der Waals surface area contributed by atoms with Crippen LogP contribution in [-0.4, -0.2) is 22.3 Å². The zero-order chi connectivity index (χ0) is 29.6. The standard InChI is InChI=1S/C37H51BrO3/c1-23(11-12-24-9-7-8-10-27(24)38)25-15-20-37(32(40)41)22-21-35(5)26(31(25)37)13-14-29-34(4)18-17-30(39)33(2,3)28(34)16-19-36(29,35)6/h7-12,25-26,28-31,39H,1,13-22H2,2-6H3,(H,40,41)/b12-11+/t25-,26+,28-,29+,30-,31+,34-,35+,36+,37-/m0/s1. The van der Waals surface area contributed by atoms with Crippen molar-refractivity contribution in [2.75, 3.05) is 0 Å². The second-order valence-corrected chi connectivity index (χ2v) is 17.0. The van der Waals surface area contributed by atoms with E-state index in [1.54, 1.807) is 0 Å². The predicted molar refractivity (Wildman–Crippen MR) is 170 cm³/mol. The van der Waals surface area contributed by atoms with Gasteiger partial charge in [0.1, 0.15) is 0 Å². The summed E-state index contributed by atoms with van der Waals surface area (Å²) in [5, 5.41) is 21.8. The van der Waals surface area contributed by atoms with E-state index >= 15 is 0 Å². The number of hydrogen-bond donors (Lipinski definition) is 2. The van der Waals surface area contributed by atoms with Crippen molar-refractivity contribution in [2.45, 2.75) is 105 Å². The zero-order valence-corrected chi connectivity index (χ0v) is 27.5. The number of aliphatic hydroxyl groups excluding tert-OH is 1. The van der Waals surface area contributed by atoms with Gasteiger partial charge in [-0.2, -0.15) is 0 Å². The maximum Gasteiger partial charge on any atom is 0.309 e. The summed E-state index contributed by atoms with van der Waals surface area (Å²) in [5.41, 5.74) is 2.08. The SMILES string of the molecule is C=C(/C=C/c1ccccc1Br)[C@@H]1CC[C@]2(C(=O)O)CC[C@]3(C)[C@H](CC[C@@H]4[C@@]5(C)CC[C@H](O)C(C)(C)[C@@H]5CC[C@]43C)[C@@H]12. The maximum absolute atomic E-state index is 13.2. The molecule has 0 unspecified atom stereocenters. The van der Waals surface area contributed by atoms with E-state index in [-0.39, 0.29) is 39.6 Å². The van der Waals surface area contributed by atoms with Gasteiger partial charge in [-0.15, -0.1) is 0 Å². The van der Waals surface area contributed by atoms with E-state index in [4.69, 9.17) is 0 Å². The Morgan fingerprint density at radius 1 is 0.902 bits per heavy atom. The first-order chi connectivity index (χ1) is 19.2. The Labute approximate surface area is 256 Å². The molecule has 224 valence electrons. The molecule has 0 aliphatic heterocycles. The minimum absolute atomic E-state index is 0.0501. The maximum atomic E-state index is 13.2. The van der Waals surface area contributed by atoms with E-state index in [2.05, 4.69) is 81.4 Å². The van der Waals surface area contributed by atoms with Crippen molar-refractivity contribution in [3.05, 3.63) is 52.5 Å². The number of carbonyl (C=O) groups is 1. The van der Waals surface area contributed by atoms with Crippen LogP contribution in [0, 0.1) is 56.7 Å². The molecular formula is C37H51BrO3. The third-order valence-corrected chi connectivity index (χ3v) is 15.4. The van der Waals surface area contributed by atoms with Crippen LogP contribution in [0.15, 0.2) is 47.0 Å². The van der Waals surface area contributed by atoms with Crippen molar-refractivity contribution in [2.24, 2.45) is 56.7 Å². The molecule has 0 spiro atoms. The molecule has 0 radical (unpaired) electrons. The number of carboxylic acids is 1. The lowest BCUT2D eigenvalue weighted by atomic mass is 9.32. The highest BCUT2D eigenvalue weighted by Gasteiger charge is 2.72. The van der Waals surface area contributed by atoms with Gasteiger partial charge in [-0.25, -0.2) is 0 Å². The molecule has 6 rings (SSSR count). The molecule has 0 heterocycles. The van der Waals surface area contributed by atoms with Gasteiger partial charge in [-0.05, 0) is 127 Å². The van der Waals surface area contributed by atoms with Crippen LogP contribution >= 0.6 is 15.9 Å². The second kappa shape index (κ2) is 9.81. The molecule has 0 bridgehead atoms. The molecule has 4 heteroatoms. The van der Waals surface area contributed by atoms with E-state index in [9.17, 15) is 15.0 Å². The van der Waals surface area contributed by atoms with Crippen LogP contribution in [0.25, 0.3) is 6.08 Å². The molecule has 5 fully saturated rings. The molecule has 5 aliphatic carbocycles. The fraction of sp³-hybridized carbons (Fsp3) is 0.703. The van der Waals surface area contributed by atoms with Crippen LogP contribution in [0.1, 0.15) is 104 Å². The van der Waals surface area contributed by atoms with Gasteiger partial charge in [0.05, 0.1) is 11.5 Å². The summed E-state index contributed by atoms with van der Waals surface area (Å²) >= 11 is 3.67. The van der Waals surface area contributed by atoms with E-state index < -0.39 is 11.4 Å². The Balaban J connectivity index is 1.36. The van der Waals surface area contributed by atoms with Crippen LogP contribution in [0.3, 0.4) is 0 Å². The number of allylic oxidation sites excluding steroid dienone is 2. The number of aliphatic carboxylic acids is 1. The Morgan fingerprint density at radius 3 is 2.34 bits per heavy atom. The summed E-state index contributed by atoms with van der Waals surface area (Å²) < 4.78 is 1.06. The number of halogens is 1. The van der Waals surface area contributed by atoms with E-state index in [0.717, 1.165) is 60.6 Å². The molecule has 3 nitrogen and oxygen atoms in total. The normalized spacial score (nSPS) is 46.7. The molecule has 5 aliphatic rings. The van der Waals surface area contributed by atoms with Crippen LogP contribution in [0.5, 0.6) is 0 Å². The van der Waals surface area contributed by atoms with E-state index in [1.165, 1.54) is 19.3 Å². The molecule has 10 atom stereocenters. The highest BCUT2D eigenvalue weighted by atomic mass is 79.9. The topological polar surface area (TPSA) is 57.5 Å². The van der Waals surface area contributed by atoms with E-state index in [1.807, 2.05) is 12.1 Å². The van der Waals surface area contributed by atoms with Gasteiger partial charge in [-0.1, -0.05) is 93.1 Å². The summed E-state index contributed by atoms with van der Waals surface area (Å²) in [6.07, 6.45) is 14.3. The molecule has 41 heavy (non-hydrogen) atoms. The Bertz CT molecular complexity index is 1270. The first-order valence-corrected chi connectivity index (χ1v) is 17.0. The Morgan fingerprint density at radius 2 is 1.63 bits per heavy atom. The molecule has 2 N–H and O–H groups in total. The third kappa shape index (κ3) is 4.01. The monoisotopic (exact) mass is 622 g/mol. The lowest BCUT2D eigenvalue weighted by Crippen LogP contribution is -2.67. The molecule has 5 saturated carbocycles. The van der Waals surface area contributed by atoms with Crippen LogP contribution < -0.4 is 0 Å². The van der Waals surface area contributed by atoms with Gasteiger partial charge in [-0.3, -0.25) is 4.79 Å².